The molecule has 1 aliphatic carbocycles. The van der Waals surface area contributed by atoms with Crippen molar-refractivity contribution in [3.8, 4) is 0 Å². The molecule has 0 spiro atoms. The predicted octanol–water partition coefficient (Wildman–Crippen LogP) is 2.29. The fourth-order valence-electron chi connectivity index (χ4n) is 2.84. The van der Waals surface area contributed by atoms with E-state index in [2.05, 4.69) is 24.3 Å². The highest BCUT2D eigenvalue weighted by atomic mass is 16.5. The summed E-state index contributed by atoms with van der Waals surface area (Å²) >= 11 is 0. The number of hydrogen-bond donors (Lipinski definition) is 2. The molecular weight excluding hydrogens is 232 g/mol. The highest BCUT2D eigenvalue weighted by Gasteiger charge is 2.31. The van der Waals surface area contributed by atoms with E-state index in [0.29, 0.717) is 24.3 Å². The van der Waals surface area contributed by atoms with Gasteiger partial charge in [-0.25, -0.2) is 4.79 Å². The van der Waals surface area contributed by atoms with Crippen LogP contribution >= 0.6 is 0 Å². The van der Waals surface area contributed by atoms with Gasteiger partial charge in [0.25, 0.3) is 0 Å². The van der Waals surface area contributed by atoms with Gasteiger partial charge in [-0.05, 0) is 24.7 Å². The average Bonchev–Trinajstić information content (AvgIpc) is 2.93. The van der Waals surface area contributed by atoms with Crippen LogP contribution in [0.4, 0.5) is 0 Å². The Balaban J connectivity index is 1.86. The number of rotatable bonds is 5. The summed E-state index contributed by atoms with van der Waals surface area (Å²) in [5.41, 5.74) is -0.0299. The lowest BCUT2D eigenvalue weighted by atomic mass is 9.93. The molecule has 5 heteroatoms. The largest absolute Gasteiger partial charge is 0.476 e. The third-order valence-corrected chi connectivity index (χ3v) is 4.07. The quantitative estimate of drug-likeness (QED) is 0.841. The third-order valence-electron chi connectivity index (χ3n) is 4.07. The fraction of sp³-hybridized carbons (Fsp3) is 0.692. The lowest BCUT2D eigenvalue weighted by molar-refractivity contribution is 0.0685. The first-order valence-electron chi connectivity index (χ1n) is 6.54. The molecule has 2 N–H and O–H groups in total. The Morgan fingerprint density at radius 2 is 2.39 bits per heavy atom. The molecule has 5 nitrogen and oxygen atoms in total. The molecule has 1 fully saturated rings. The van der Waals surface area contributed by atoms with Crippen LogP contribution in [0.2, 0.25) is 0 Å². The maximum Gasteiger partial charge on any atom is 0.358 e. The van der Waals surface area contributed by atoms with Crippen molar-refractivity contribution in [3.05, 3.63) is 17.5 Å². The van der Waals surface area contributed by atoms with E-state index in [4.69, 9.17) is 9.63 Å². The van der Waals surface area contributed by atoms with Crippen LogP contribution in [0, 0.1) is 11.8 Å². The molecule has 1 aromatic rings. The zero-order valence-corrected chi connectivity index (χ0v) is 10.8. The van der Waals surface area contributed by atoms with E-state index >= 15 is 0 Å². The van der Waals surface area contributed by atoms with Crippen molar-refractivity contribution in [1.29, 1.82) is 0 Å². The first kappa shape index (κ1) is 13.1. The first-order valence-corrected chi connectivity index (χ1v) is 6.54. The van der Waals surface area contributed by atoms with E-state index in [0.717, 1.165) is 5.92 Å². The van der Waals surface area contributed by atoms with Crippen molar-refractivity contribution < 1.29 is 14.4 Å². The SMILES string of the molecule is CCC1CCC(NCc2cc(C(=O)O)no2)C1C. The summed E-state index contributed by atoms with van der Waals surface area (Å²) < 4.78 is 4.98. The number of hydrogen-bond acceptors (Lipinski definition) is 4. The Kier molecular flexibility index (Phi) is 4.01. The number of carboxylic acids is 1. The van der Waals surface area contributed by atoms with E-state index < -0.39 is 5.97 Å². The minimum Gasteiger partial charge on any atom is -0.476 e. The van der Waals surface area contributed by atoms with E-state index in [1.807, 2.05) is 0 Å². The van der Waals surface area contributed by atoms with Gasteiger partial charge in [-0.1, -0.05) is 25.4 Å². The molecule has 1 aliphatic rings. The molecule has 1 saturated carbocycles. The second-order valence-corrected chi connectivity index (χ2v) is 5.08. The Hall–Kier alpha value is -1.36. The van der Waals surface area contributed by atoms with Crippen molar-refractivity contribution in [3.63, 3.8) is 0 Å². The zero-order chi connectivity index (χ0) is 13.1. The summed E-state index contributed by atoms with van der Waals surface area (Å²) in [6, 6.07) is 1.97. The van der Waals surface area contributed by atoms with E-state index in [-0.39, 0.29) is 5.69 Å². The highest BCUT2D eigenvalue weighted by molar-refractivity contribution is 5.85. The molecule has 3 unspecified atom stereocenters. The summed E-state index contributed by atoms with van der Waals surface area (Å²) in [4.78, 5) is 10.7. The summed E-state index contributed by atoms with van der Waals surface area (Å²) in [5.74, 6) is 0.994. The second-order valence-electron chi connectivity index (χ2n) is 5.08. The summed E-state index contributed by atoms with van der Waals surface area (Å²) in [5, 5.41) is 15.7. The number of nitrogens with zero attached hydrogens (tertiary/aromatic N) is 1. The Morgan fingerprint density at radius 1 is 1.61 bits per heavy atom. The van der Waals surface area contributed by atoms with Crippen LogP contribution in [0.15, 0.2) is 10.6 Å². The van der Waals surface area contributed by atoms with Crippen molar-refractivity contribution in [2.24, 2.45) is 11.8 Å². The van der Waals surface area contributed by atoms with Gasteiger partial charge in [0.2, 0.25) is 0 Å². The monoisotopic (exact) mass is 252 g/mol. The van der Waals surface area contributed by atoms with Crippen LogP contribution in [-0.2, 0) is 6.54 Å². The maximum absolute atomic E-state index is 10.7. The third kappa shape index (κ3) is 2.72. The van der Waals surface area contributed by atoms with Crippen LogP contribution < -0.4 is 5.32 Å². The minimum absolute atomic E-state index is 0.0299. The number of carboxylic acid groups (broad SMARTS) is 1. The van der Waals surface area contributed by atoms with E-state index in [1.165, 1.54) is 25.3 Å². The Bertz CT molecular complexity index is 416. The minimum atomic E-state index is -1.05. The molecule has 0 aliphatic heterocycles. The van der Waals surface area contributed by atoms with Gasteiger partial charge in [0.15, 0.2) is 11.5 Å². The molecule has 0 amide bonds. The number of nitrogens with one attached hydrogen (secondary N) is 1. The average molecular weight is 252 g/mol. The summed E-state index contributed by atoms with van der Waals surface area (Å²) in [6.07, 6.45) is 3.68. The predicted molar refractivity (Wildman–Crippen MR) is 66.3 cm³/mol. The lowest BCUT2D eigenvalue weighted by Gasteiger charge is -2.20. The van der Waals surface area contributed by atoms with Gasteiger partial charge in [0.1, 0.15) is 0 Å². The van der Waals surface area contributed by atoms with Gasteiger partial charge < -0.3 is 14.9 Å². The van der Waals surface area contributed by atoms with Gasteiger partial charge in [-0.15, -0.1) is 0 Å². The fourth-order valence-corrected chi connectivity index (χ4v) is 2.84. The maximum atomic E-state index is 10.7. The molecule has 1 aromatic heterocycles. The zero-order valence-electron chi connectivity index (χ0n) is 10.8. The van der Waals surface area contributed by atoms with Crippen LogP contribution in [0.25, 0.3) is 0 Å². The normalized spacial score (nSPS) is 27.6. The van der Waals surface area contributed by atoms with Crippen LogP contribution in [0.3, 0.4) is 0 Å². The molecular formula is C13H20N2O3. The van der Waals surface area contributed by atoms with Gasteiger partial charge in [-0.3, -0.25) is 0 Å². The first-order chi connectivity index (χ1) is 8.61. The molecule has 1 heterocycles. The topological polar surface area (TPSA) is 75.4 Å². The molecule has 2 rings (SSSR count). The molecule has 3 atom stereocenters. The summed E-state index contributed by atoms with van der Waals surface area (Å²) in [7, 11) is 0. The van der Waals surface area contributed by atoms with Crippen molar-refractivity contribution in [2.45, 2.75) is 45.7 Å². The van der Waals surface area contributed by atoms with Crippen molar-refractivity contribution >= 4 is 5.97 Å². The van der Waals surface area contributed by atoms with Gasteiger partial charge in [0, 0.05) is 12.1 Å². The lowest BCUT2D eigenvalue weighted by Crippen LogP contribution is -2.32. The smallest absolute Gasteiger partial charge is 0.358 e. The van der Waals surface area contributed by atoms with E-state index in [1.54, 1.807) is 0 Å². The van der Waals surface area contributed by atoms with Crippen molar-refractivity contribution in [1.82, 2.24) is 10.5 Å². The van der Waals surface area contributed by atoms with Crippen molar-refractivity contribution in [2.75, 3.05) is 0 Å². The number of aromatic nitrogens is 1. The molecule has 0 saturated heterocycles. The standard InChI is InChI=1S/C13H20N2O3/c1-3-9-4-5-11(8(9)2)14-7-10-6-12(13(16)17)15-18-10/h6,8-9,11,14H,3-5,7H2,1-2H3,(H,16,17). The molecule has 0 radical (unpaired) electrons. The van der Waals surface area contributed by atoms with Crippen LogP contribution in [-0.4, -0.2) is 22.3 Å². The number of carbonyl (C=O) groups is 1. The van der Waals surface area contributed by atoms with E-state index in [9.17, 15) is 4.79 Å². The van der Waals surface area contributed by atoms with Gasteiger partial charge >= 0.3 is 5.97 Å². The van der Waals surface area contributed by atoms with Crippen LogP contribution in [0.5, 0.6) is 0 Å². The number of aromatic carboxylic acids is 1. The second kappa shape index (κ2) is 5.52. The molecule has 0 aromatic carbocycles. The molecule has 100 valence electrons. The van der Waals surface area contributed by atoms with Gasteiger partial charge in [-0.2, -0.15) is 0 Å². The Morgan fingerprint density at radius 3 is 2.94 bits per heavy atom. The van der Waals surface area contributed by atoms with Crippen LogP contribution in [0.1, 0.15) is 49.4 Å². The Labute approximate surface area is 107 Å². The molecule has 0 bridgehead atoms. The summed E-state index contributed by atoms with van der Waals surface area (Å²) in [6.45, 7) is 5.06. The van der Waals surface area contributed by atoms with Gasteiger partial charge in [0.05, 0.1) is 6.54 Å². The highest BCUT2D eigenvalue weighted by Crippen LogP contribution is 2.33. The molecule has 18 heavy (non-hydrogen) atoms.